The SMILES string of the molecule is CCOC(=O)C[C@@H](C[N+](=O)[O-])c1ccco1. The molecule has 0 bridgehead atoms. The molecule has 16 heavy (non-hydrogen) atoms. The number of hydrogen-bond acceptors (Lipinski definition) is 5. The lowest BCUT2D eigenvalue weighted by Crippen LogP contribution is -2.17. The number of carbonyl (C=O) groups is 1. The van der Waals surface area contributed by atoms with Crippen LogP contribution in [0.25, 0.3) is 0 Å². The number of hydrogen-bond donors (Lipinski definition) is 0. The van der Waals surface area contributed by atoms with E-state index >= 15 is 0 Å². The van der Waals surface area contributed by atoms with Gasteiger partial charge in [-0.05, 0) is 19.1 Å². The minimum atomic E-state index is -0.566. The maximum absolute atomic E-state index is 11.2. The summed E-state index contributed by atoms with van der Waals surface area (Å²) in [5, 5.41) is 10.5. The lowest BCUT2D eigenvalue weighted by atomic mass is 10.0. The van der Waals surface area contributed by atoms with E-state index in [4.69, 9.17) is 9.15 Å². The van der Waals surface area contributed by atoms with Gasteiger partial charge in [-0.15, -0.1) is 0 Å². The van der Waals surface area contributed by atoms with Crippen LogP contribution in [0, 0.1) is 10.1 Å². The van der Waals surface area contributed by atoms with Crippen molar-refractivity contribution >= 4 is 5.97 Å². The van der Waals surface area contributed by atoms with Crippen molar-refractivity contribution in [2.24, 2.45) is 0 Å². The number of furan rings is 1. The van der Waals surface area contributed by atoms with Gasteiger partial charge in [0.25, 0.3) is 0 Å². The predicted molar refractivity (Wildman–Crippen MR) is 54.6 cm³/mol. The van der Waals surface area contributed by atoms with E-state index in [0.29, 0.717) is 5.76 Å². The minimum absolute atomic E-state index is 0.0394. The summed E-state index contributed by atoms with van der Waals surface area (Å²) < 4.78 is 9.81. The number of esters is 1. The van der Waals surface area contributed by atoms with Gasteiger partial charge in [0.15, 0.2) is 0 Å². The zero-order valence-corrected chi connectivity index (χ0v) is 8.92. The van der Waals surface area contributed by atoms with E-state index in [-0.39, 0.29) is 19.6 Å². The molecule has 0 saturated carbocycles. The Labute approximate surface area is 92.3 Å². The second kappa shape index (κ2) is 5.89. The van der Waals surface area contributed by atoms with Gasteiger partial charge in [0, 0.05) is 4.92 Å². The van der Waals surface area contributed by atoms with E-state index in [1.165, 1.54) is 6.26 Å². The molecule has 0 N–H and O–H groups in total. The van der Waals surface area contributed by atoms with Crippen LogP contribution in [0.2, 0.25) is 0 Å². The first-order valence-electron chi connectivity index (χ1n) is 4.94. The first-order valence-corrected chi connectivity index (χ1v) is 4.94. The molecular weight excluding hydrogens is 214 g/mol. The van der Waals surface area contributed by atoms with Crippen molar-refractivity contribution in [1.29, 1.82) is 0 Å². The summed E-state index contributed by atoms with van der Waals surface area (Å²) in [6.45, 7) is 1.61. The first-order chi connectivity index (χ1) is 7.63. The molecule has 0 aliphatic carbocycles. The number of ether oxygens (including phenoxy) is 1. The van der Waals surface area contributed by atoms with E-state index in [2.05, 4.69) is 0 Å². The highest BCUT2D eigenvalue weighted by atomic mass is 16.6. The van der Waals surface area contributed by atoms with E-state index in [1.54, 1.807) is 19.1 Å². The Morgan fingerprint density at radius 3 is 2.94 bits per heavy atom. The van der Waals surface area contributed by atoms with Crippen molar-refractivity contribution in [3.05, 3.63) is 34.3 Å². The lowest BCUT2D eigenvalue weighted by molar-refractivity contribution is -0.483. The van der Waals surface area contributed by atoms with Gasteiger partial charge >= 0.3 is 5.97 Å². The van der Waals surface area contributed by atoms with Gasteiger partial charge in [0.05, 0.1) is 25.2 Å². The molecule has 0 aliphatic rings. The van der Waals surface area contributed by atoms with Crippen molar-refractivity contribution in [3.63, 3.8) is 0 Å². The normalized spacial score (nSPS) is 12.1. The molecule has 88 valence electrons. The Hall–Kier alpha value is -1.85. The molecule has 0 fully saturated rings. The summed E-state index contributed by atoms with van der Waals surface area (Å²) in [4.78, 5) is 21.2. The average molecular weight is 227 g/mol. The molecule has 1 aromatic rings. The van der Waals surface area contributed by atoms with Gasteiger partial charge in [0.1, 0.15) is 5.76 Å². The Bertz CT molecular complexity index is 346. The van der Waals surface area contributed by atoms with E-state index in [9.17, 15) is 14.9 Å². The van der Waals surface area contributed by atoms with Crippen LogP contribution in [0.5, 0.6) is 0 Å². The fourth-order valence-electron chi connectivity index (χ4n) is 1.38. The number of carbonyl (C=O) groups excluding carboxylic acids is 1. The topological polar surface area (TPSA) is 82.6 Å². The minimum Gasteiger partial charge on any atom is -0.469 e. The number of nitrogens with zero attached hydrogens (tertiary/aromatic N) is 1. The van der Waals surface area contributed by atoms with E-state index in [1.807, 2.05) is 0 Å². The number of nitro groups is 1. The Morgan fingerprint density at radius 1 is 1.69 bits per heavy atom. The van der Waals surface area contributed by atoms with Crippen LogP contribution < -0.4 is 0 Å². The summed E-state index contributed by atoms with van der Waals surface area (Å²) in [5.41, 5.74) is 0. The molecule has 1 heterocycles. The van der Waals surface area contributed by atoms with Crippen LogP contribution in [-0.4, -0.2) is 24.0 Å². The van der Waals surface area contributed by atoms with Crippen LogP contribution in [0.3, 0.4) is 0 Å². The second-order valence-corrected chi connectivity index (χ2v) is 3.24. The van der Waals surface area contributed by atoms with Gasteiger partial charge < -0.3 is 9.15 Å². The molecule has 0 saturated heterocycles. The van der Waals surface area contributed by atoms with Gasteiger partial charge in [-0.2, -0.15) is 0 Å². The first kappa shape index (κ1) is 12.2. The lowest BCUT2D eigenvalue weighted by Gasteiger charge is -2.09. The summed E-state index contributed by atoms with van der Waals surface area (Å²) >= 11 is 0. The molecule has 0 unspecified atom stereocenters. The second-order valence-electron chi connectivity index (χ2n) is 3.24. The highest BCUT2D eigenvalue weighted by molar-refractivity contribution is 5.70. The monoisotopic (exact) mass is 227 g/mol. The molecule has 1 aromatic heterocycles. The molecular formula is C10H13NO5. The third-order valence-corrected chi connectivity index (χ3v) is 2.03. The average Bonchev–Trinajstić information content (AvgIpc) is 2.68. The molecule has 0 amide bonds. The number of rotatable bonds is 6. The molecule has 1 rings (SSSR count). The maximum atomic E-state index is 11.2. The molecule has 0 radical (unpaired) electrons. The summed E-state index contributed by atoms with van der Waals surface area (Å²) in [6, 6.07) is 3.25. The third kappa shape index (κ3) is 3.72. The molecule has 0 aromatic carbocycles. The Balaban J connectivity index is 2.65. The molecule has 6 heteroatoms. The van der Waals surface area contributed by atoms with Gasteiger partial charge in [-0.1, -0.05) is 0 Å². The standard InChI is InChI=1S/C10H13NO5/c1-2-15-10(12)6-8(7-11(13)14)9-4-3-5-16-9/h3-5,8H,2,6-7H2,1H3/t8-/m0/s1. The smallest absolute Gasteiger partial charge is 0.306 e. The van der Waals surface area contributed by atoms with Crippen LogP contribution in [-0.2, 0) is 9.53 Å². The van der Waals surface area contributed by atoms with Crippen LogP contribution >= 0.6 is 0 Å². The van der Waals surface area contributed by atoms with E-state index < -0.39 is 16.8 Å². The third-order valence-electron chi connectivity index (χ3n) is 2.03. The van der Waals surface area contributed by atoms with E-state index in [0.717, 1.165) is 0 Å². The van der Waals surface area contributed by atoms with Gasteiger partial charge in [-0.25, -0.2) is 0 Å². The Kier molecular flexibility index (Phi) is 4.50. The Morgan fingerprint density at radius 2 is 2.44 bits per heavy atom. The highest BCUT2D eigenvalue weighted by Gasteiger charge is 2.24. The fourth-order valence-corrected chi connectivity index (χ4v) is 1.38. The summed E-state index contributed by atoms with van der Waals surface area (Å²) in [7, 11) is 0. The van der Waals surface area contributed by atoms with Crippen molar-refractivity contribution in [1.82, 2.24) is 0 Å². The van der Waals surface area contributed by atoms with Gasteiger partial charge in [0.2, 0.25) is 6.54 Å². The predicted octanol–water partition coefficient (Wildman–Crippen LogP) is 1.59. The zero-order chi connectivity index (χ0) is 12.0. The summed E-state index contributed by atoms with van der Waals surface area (Å²) in [5.74, 6) is -0.584. The van der Waals surface area contributed by atoms with Gasteiger partial charge in [-0.3, -0.25) is 14.9 Å². The van der Waals surface area contributed by atoms with Crippen molar-refractivity contribution in [3.8, 4) is 0 Å². The molecule has 0 spiro atoms. The fraction of sp³-hybridized carbons (Fsp3) is 0.500. The van der Waals surface area contributed by atoms with Crippen LogP contribution in [0.15, 0.2) is 22.8 Å². The molecule has 1 atom stereocenters. The molecule has 6 nitrogen and oxygen atoms in total. The van der Waals surface area contributed by atoms with Crippen LogP contribution in [0.1, 0.15) is 25.0 Å². The highest BCUT2D eigenvalue weighted by Crippen LogP contribution is 2.20. The zero-order valence-electron chi connectivity index (χ0n) is 8.92. The quantitative estimate of drug-likeness (QED) is 0.418. The largest absolute Gasteiger partial charge is 0.469 e. The maximum Gasteiger partial charge on any atom is 0.306 e. The summed E-state index contributed by atoms with van der Waals surface area (Å²) in [6.07, 6.45) is 1.38. The van der Waals surface area contributed by atoms with Crippen molar-refractivity contribution in [2.45, 2.75) is 19.3 Å². The molecule has 0 aliphatic heterocycles. The van der Waals surface area contributed by atoms with Crippen LogP contribution in [0.4, 0.5) is 0 Å². The van der Waals surface area contributed by atoms with Crippen molar-refractivity contribution < 1.29 is 18.9 Å². The van der Waals surface area contributed by atoms with Crippen molar-refractivity contribution in [2.75, 3.05) is 13.2 Å².